The molecule has 1 heterocycles. The number of aryl methyl sites for hydroxylation is 2. The molecule has 2 aromatic rings. The molecule has 0 spiro atoms. The van der Waals surface area contributed by atoms with Gasteiger partial charge in [-0.1, -0.05) is 41.1 Å². The molecule has 2 nitrogen and oxygen atoms in total. The normalized spacial score (nSPS) is 10.1. The lowest BCUT2D eigenvalue weighted by molar-refractivity contribution is 1.12. The molecule has 4 heteroatoms. The van der Waals surface area contributed by atoms with E-state index in [0.29, 0.717) is 10.7 Å². The van der Waals surface area contributed by atoms with Crippen LogP contribution in [0.4, 0.5) is 0 Å². The first kappa shape index (κ1) is 12.9. The third-order valence-electron chi connectivity index (χ3n) is 2.44. The molecule has 0 saturated heterocycles. The maximum atomic E-state index is 8.90. The van der Waals surface area contributed by atoms with E-state index in [4.69, 9.17) is 16.9 Å². The van der Waals surface area contributed by atoms with Gasteiger partial charge in [-0.05, 0) is 37.6 Å². The number of rotatable bonds is 2. The minimum atomic E-state index is 0.348. The summed E-state index contributed by atoms with van der Waals surface area (Å²) in [6, 6.07) is 11.6. The van der Waals surface area contributed by atoms with Crippen LogP contribution in [-0.2, 0) is 0 Å². The Morgan fingerprint density at radius 3 is 2.67 bits per heavy atom. The van der Waals surface area contributed by atoms with Gasteiger partial charge in [-0.2, -0.15) is 5.26 Å². The monoisotopic (exact) mass is 274 g/mol. The second-order valence-electron chi connectivity index (χ2n) is 4.00. The van der Waals surface area contributed by atoms with E-state index in [1.54, 1.807) is 12.1 Å². The number of nitriles is 1. The third-order valence-corrected chi connectivity index (χ3v) is 3.73. The van der Waals surface area contributed by atoms with Crippen molar-refractivity contribution in [3.63, 3.8) is 0 Å². The van der Waals surface area contributed by atoms with Gasteiger partial charge in [-0.15, -0.1) is 0 Å². The van der Waals surface area contributed by atoms with Crippen LogP contribution in [0.1, 0.15) is 16.7 Å². The second-order valence-corrected chi connectivity index (χ2v) is 5.45. The van der Waals surface area contributed by atoms with Crippen LogP contribution >= 0.6 is 23.4 Å². The molecule has 0 aliphatic heterocycles. The standard InChI is InChI=1S/C14H11ClN2S/c1-9-3-4-12(10(2)5-9)18-14-7-11(8-16)6-13(15)17-14/h3-7H,1-2H3. The van der Waals surface area contributed by atoms with E-state index < -0.39 is 0 Å². The van der Waals surface area contributed by atoms with Gasteiger partial charge in [-0.3, -0.25) is 0 Å². The van der Waals surface area contributed by atoms with Crippen LogP contribution in [0.5, 0.6) is 0 Å². The topological polar surface area (TPSA) is 36.7 Å². The maximum absolute atomic E-state index is 8.90. The number of benzene rings is 1. The van der Waals surface area contributed by atoms with Crippen molar-refractivity contribution in [3.05, 3.63) is 52.2 Å². The number of nitrogens with zero attached hydrogens (tertiary/aromatic N) is 2. The van der Waals surface area contributed by atoms with Crippen molar-refractivity contribution in [1.29, 1.82) is 5.26 Å². The van der Waals surface area contributed by atoms with E-state index in [1.165, 1.54) is 22.9 Å². The van der Waals surface area contributed by atoms with Crippen molar-refractivity contribution in [3.8, 4) is 6.07 Å². The van der Waals surface area contributed by atoms with Crippen molar-refractivity contribution in [2.45, 2.75) is 23.8 Å². The zero-order chi connectivity index (χ0) is 13.1. The van der Waals surface area contributed by atoms with Gasteiger partial charge in [0.1, 0.15) is 10.2 Å². The van der Waals surface area contributed by atoms with Crippen LogP contribution in [0.2, 0.25) is 5.15 Å². The summed E-state index contributed by atoms with van der Waals surface area (Å²) >= 11 is 7.40. The predicted molar refractivity (Wildman–Crippen MR) is 74.0 cm³/mol. The van der Waals surface area contributed by atoms with Gasteiger partial charge in [0.2, 0.25) is 0 Å². The van der Waals surface area contributed by atoms with Crippen LogP contribution in [-0.4, -0.2) is 4.98 Å². The van der Waals surface area contributed by atoms with Crippen molar-refractivity contribution in [1.82, 2.24) is 4.98 Å². The van der Waals surface area contributed by atoms with E-state index >= 15 is 0 Å². The second kappa shape index (κ2) is 5.43. The molecule has 0 radical (unpaired) electrons. The minimum absolute atomic E-state index is 0.348. The molecule has 0 saturated carbocycles. The highest BCUT2D eigenvalue weighted by molar-refractivity contribution is 7.99. The smallest absolute Gasteiger partial charge is 0.131 e. The zero-order valence-electron chi connectivity index (χ0n) is 10.1. The lowest BCUT2D eigenvalue weighted by Gasteiger charge is -2.06. The summed E-state index contributed by atoms with van der Waals surface area (Å²) in [7, 11) is 0. The molecule has 0 amide bonds. The Morgan fingerprint density at radius 1 is 1.22 bits per heavy atom. The van der Waals surface area contributed by atoms with Crippen LogP contribution < -0.4 is 0 Å². The summed E-state index contributed by atoms with van der Waals surface area (Å²) in [5.74, 6) is 0. The number of aromatic nitrogens is 1. The molecule has 0 unspecified atom stereocenters. The van der Waals surface area contributed by atoms with Gasteiger partial charge in [0.25, 0.3) is 0 Å². The Hall–Kier alpha value is -1.50. The van der Waals surface area contributed by atoms with E-state index in [2.05, 4.69) is 43.1 Å². The Balaban J connectivity index is 2.34. The van der Waals surface area contributed by atoms with Gasteiger partial charge in [0.05, 0.1) is 11.6 Å². The summed E-state index contributed by atoms with van der Waals surface area (Å²) in [5, 5.41) is 9.99. The lowest BCUT2D eigenvalue weighted by atomic mass is 10.2. The Kier molecular flexibility index (Phi) is 3.90. The lowest BCUT2D eigenvalue weighted by Crippen LogP contribution is -1.86. The summed E-state index contributed by atoms with van der Waals surface area (Å²) in [5.41, 5.74) is 2.95. The van der Waals surface area contributed by atoms with Crippen molar-refractivity contribution < 1.29 is 0 Å². The number of hydrogen-bond donors (Lipinski definition) is 0. The van der Waals surface area contributed by atoms with Crippen LogP contribution in [0, 0.1) is 25.2 Å². The number of halogens is 1. The molecule has 90 valence electrons. The Morgan fingerprint density at radius 2 is 2.00 bits per heavy atom. The van der Waals surface area contributed by atoms with Gasteiger partial charge in [0.15, 0.2) is 0 Å². The highest BCUT2D eigenvalue weighted by atomic mass is 35.5. The molecule has 0 atom stereocenters. The zero-order valence-corrected chi connectivity index (χ0v) is 11.6. The number of pyridine rings is 1. The number of hydrogen-bond acceptors (Lipinski definition) is 3. The quantitative estimate of drug-likeness (QED) is 0.763. The van der Waals surface area contributed by atoms with E-state index in [9.17, 15) is 0 Å². The molecule has 1 aromatic heterocycles. The molecular formula is C14H11ClN2S. The Labute approximate surface area is 116 Å². The van der Waals surface area contributed by atoms with E-state index in [1.807, 2.05) is 0 Å². The fraction of sp³-hybridized carbons (Fsp3) is 0.143. The van der Waals surface area contributed by atoms with Crippen LogP contribution in [0.15, 0.2) is 40.3 Å². The molecular weight excluding hydrogens is 264 g/mol. The largest absolute Gasteiger partial charge is 0.229 e. The first-order chi connectivity index (χ1) is 8.58. The Bertz CT molecular complexity index is 632. The summed E-state index contributed by atoms with van der Waals surface area (Å²) in [4.78, 5) is 5.34. The first-order valence-corrected chi connectivity index (χ1v) is 6.61. The molecule has 0 aliphatic carbocycles. The fourth-order valence-corrected chi connectivity index (χ4v) is 2.79. The summed E-state index contributed by atoms with van der Waals surface area (Å²) in [6.07, 6.45) is 0. The molecule has 1 aromatic carbocycles. The average molecular weight is 275 g/mol. The van der Waals surface area contributed by atoms with Gasteiger partial charge < -0.3 is 0 Å². The van der Waals surface area contributed by atoms with Crippen molar-refractivity contribution >= 4 is 23.4 Å². The highest BCUT2D eigenvalue weighted by Gasteiger charge is 2.05. The molecule has 0 N–H and O–H groups in total. The van der Waals surface area contributed by atoms with Crippen LogP contribution in [0.3, 0.4) is 0 Å². The van der Waals surface area contributed by atoms with Crippen molar-refractivity contribution in [2.75, 3.05) is 0 Å². The predicted octanol–water partition coefficient (Wildman–Crippen LogP) is 4.37. The van der Waals surface area contributed by atoms with Crippen molar-refractivity contribution in [2.24, 2.45) is 0 Å². The van der Waals surface area contributed by atoms with Gasteiger partial charge in [0, 0.05) is 4.90 Å². The molecule has 2 rings (SSSR count). The summed E-state index contributed by atoms with van der Waals surface area (Å²) in [6.45, 7) is 4.12. The van der Waals surface area contributed by atoms with E-state index in [-0.39, 0.29) is 0 Å². The molecule has 0 fully saturated rings. The van der Waals surface area contributed by atoms with E-state index in [0.717, 1.165) is 9.92 Å². The summed E-state index contributed by atoms with van der Waals surface area (Å²) < 4.78 is 0. The minimum Gasteiger partial charge on any atom is -0.229 e. The molecule has 0 bridgehead atoms. The van der Waals surface area contributed by atoms with Crippen LogP contribution in [0.25, 0.3) is 0 Å². The molecule has 18 heavy (non-hydrogen) atoms. The average Bonchev–Trinajstić information content (AvgIpc) is 2.32. The fourth-order valence-electron chi connectivity index (χ4n) is 1.62. The maximum Gasteiger partial charge on any atom is 0.131 e. The SMILES string of the molecule is Cc1ccc(Sc2cc(C#N)cc(Cl)n2)c(C)c1. The van der Waals surface area contributed by atoms with Gasteiger partial charge >= 0.3 is 0 Å². The van der Waals surface area contributed by atoms with Gasteiger partial charge in [-0.25, -0.2) is 4.98 Å². The highest BCUT2D eigenvalue weighted by Crippen LogP contribution is 2.30. The third kappa shape index (κ3) is 3.04. The first-order valence-electron chi connectivity index (χ1n) is 5.41. The molecule has 0 aliphatic rings.